The Balaban J connectivity index is -0.0000000903. The fraction of sp³-hybridized carbons (Fsp3) is 0.455. The number of nitrogens with one attached hydrogen (secondary N) is 1. The second kappa shape index (κ2) is 19.2. The van der Waals surface area contributed by atoms with E-state index >= 15 is 0 Å². The fourth-order valence-electron chi connectivity index (χ4n) is 2.00. The highest BCUT2D eigenvalue weighted by atomic mass is 35.5. The van der Waals surface area contributed by atoms with E-state index in [0.29, 0.717) is 6.79 Å². The Kier molecular flexibility index (Phi) is 32.7. The Morgan fingerprint density at radius 2 is 1.26 bits per heavy atom. The molecular formula is C11H22Cl8N2O2. The third kappa shape index (κ3) is 9.83. The van der Waals surface area contributed by atoms with Gasteiger partial charge in [-0.1, -0.05) is 0 Å². The second-order valence-corrected chi connectivity index (χ2v) is 3.77. The number of piperazine rings is 1. The van der Waals surface area contributed by atoms with E-state index in [2.05, 4.69) is 22.3 Å². The van der Waals surface area contributed by atoms with Crippen molar-refractivity contribution in [2.24, 2.45) is 0 Å². The molecule has 1 N–H and O–H groups in total. The van der Waals surface area contributed by atoms with E-state index in [1.54, 1.807) is 0 Å². The van der Waals surface area contributed by atoms with Gasteiger partial charge in [0.05, 0.1) is 0 Å². The van der Waals surface area contributed by atoms with Gasteiger partial charge in [-0.25, -0.2) is 0 Å². The van der Waals surface area contributed by atoms with Crippen LogP contribution in [0.5, 0.6) is 11.5 Å². The Morgan fingerprint density at radius 1 is 0.739 bits per heavy atom. The van der Waals surface area contributed by atoms with Crippen LogP contribution >= 0.6 is 99.3 Å². The minimum atomic E-state index is 0. The molecule has 2 aliphatic rings. The van der Waals surface area contributed by atoms with Crippen molar-refractivity contribution in [2.75, 3.05) is 37.9 Å². The molecule has 1 aromatic rings. The van der Waals surface area contributed by atoms with Crippen molar-refractivity contribution in [3.63, 3.8) is 0 Å². The lowest BCUT2D eigenvalue weighted by Gasteiger charge is -2.29. The van der Waals surface area contributed by atoms with Crippen LogP contribution in [0, 0.1) is 0 Å². The van der Waals surface area contributed by atoms with Crippen molar-refractivity contribution in [3.05, 3.63) is 18.2 Å². The summed E-state index contributed by atoms with van der Waals surface area (Å²) in [4.78, 5) is 2.36. The van der Waals surface area contributed by atoms with E-state index in [9.17, 15) is 0 Å². The average molecular weight is 498 g/mol. The number of ether oxygens (including phenoxy) is 2. The van der Waals surface area contributed by atoms with Crippen LogP contribution < -0.4 is 19.7 Å². The summed E-state index contributed by atoms with van der Waals surface area (Å²) in [6.45, 7) is 4.56. The van der Waals surface area contributed by atoms with Crippen LogP contribution in [0.3, 0.4) is 0 Å². The number of halogens is 8. The van der Waals surface area contributed by atoms with Gasteiger partial charge in [-0.3, -0.25) is 0 Å². The molecule has 2 aliphatic heterocycles. The quantitative estimate of drug-likeness (QED) is 0.630. The Labute approximate surface area is 186 Å². The normalized spacial score (nSPS) is 12.6. The number of anilines is 1. The highest BCUT2D eigenvalue weighted by molar-refractivity contribution is 5.86. The van der Waals surface area contributed by atoms with Gasteiger partial charge >= 0.3 is 0 Å². The smallest absolute Gasteiger partial charge is 0.231 e. The maximum Gasteiger partial charge on any atom is 0.231 e. The summed E-state index contributed by atoms with van der Waals surface area (Å²) in [5.74, 6) is 1.72. The first-order valence-electron chi connectivity index (χ1n) is 5.29. The number of fused-ring (bicyclic) bond motifs is 1. The molecule has 2 heterocycles. The van der Waals surface area contributed by atoms with E-state index in [4.69, 9.17) is 9.47 Å². The maximum atomic E-state index is 5.37. The molecule has 1 fully saturated rings. The molecule has 0 atom stereocenters. The molecule has 4 nitrogen and oxygen atoms in total. The zero-order chi connectivity index (χ0) is 10.1. The van der Waals surface area contributed by atoms with Crippen LogP contribution in [0.2, 0.25) is 0 Å². The molecule has 0 amide bonds. The van der Waals surface area contributed by atoms with Crippen molar-refractivity contribution in [1.29, 1.82) is 0 Å². The first-order valence-corrected chi connectivity index (χ1v) is 5.29. The molecule has 0 aromatic heterocycles. The van der Waals surface area contributed by atoms with Crippen molar-refractivity contribution in [2.45, 2.75) is 0 Å². The fourth-order valence-corrected chi connectivity index (χ4v) is 2.00. The van der Waals surface area contributed by atoms with Gasteiger partial charge < -0.3 is 19.7 Å². The van der Waals surface area contributed by atoms with Gasteiger partial charge in [-0.15, -0.1) is 99.3 Å². The van der Waals surface area contributed by atoms with Crippen LogP contribution in [-0.2, 0) is 0 Å². The van der Waals surface area contributed by atoms with Gasteiger partial charge in [-0.05, 0) is 12.1 Å². The zero-order valence-corrected chi connectivity index (χ0v) is 18.3. The monoisotopic (exact) mass is 494 g/mol. The molecule has 0 spiro atoms. The molecule has 0 unspecified atom stereocenters. The van der Waals surface area contributed by atoms with E-state index < -0.39 is 0 Å². The maximum absolute atomic E-state index is 5.37. The topological polar surface area (TPSA) is 33.7 Å². The van der Waals surface area contributed by atoms with Gasteiger partial charge in [0.1, 0.15) is 0 Å². The summed E-state index contributed by atoms with van der Waals surface area (Å²) in [5, 5.41) is 3.34. The van der Waals surface area contributed by atoms with Gasteiger partial charge in [0.2, 0.25) is 6.79 Å². The molecule has 0 radical (unpaired) electrons. The molecular weight excluding hydrogens is 476 g/mol. The molecule has 0 aliphatic carbocycles. The molecule has 0 bridgehead atoms. The second-order valence-electron chi connectivity index (χ2n) is 3.77. The Bertz CT molecular complexity index is 383. The average Bonchev–Trinajstić information content (AvgIpc) is 2.77. The Hall–Kier alpha value is 0.900. The van der Waals surface area contributed by atoms with Crippen LogP contribution in [0.1, 0.15) is 0 Å². The van der Waals surface area contributed by atoms with E-state index in [1.807, 2.05) is 6.07 Å². The molecule has 0 saturated carbocycles. The third-order valence-electron chi connectivity index (χ3n) is 2.84. The molecule has 12 heteroatoms. The van der Waals surface area contributed by atoms with Crippen molar-refractivity contribution in [3.8, 4) is 11.5 Å². The lowest BCUT2D eigenvalue weighted by atomic mass is 10.2. The first kappa shape index (κ1) is 39.1. The number of hydrogen-bond donors (Lipinski definition) is 1. The van der Waals surface area contributed by atoms with Crippen molar-refractivity contribution in [1.82, 2.24) is 5.32 Å². The van der Waals surface area contributed by atoms with Gasteiger partial charge in [0.25, 0.3) is 0 Å². The zero-order valence-electron chi connectivity index (χ0n) is 11.8. The van der Waals surface area contributed by atoms with Gasteiger partial charge in [-0.2, -0.15) is 0 Å². The van der Waals surface area contributed by atoms with Gasteiger partial charge in [0, 0.05) is 37.9 Å². The summed E-state index contributed by atoms with van der Waals surface area (Å²) < 4.78 is 10.7. The lowest BCUT2D eigenvalue weighted by Crippen LogP contribution is -2.43. The molecule has 1 aromatic carbocycles. The highest BCUT2D eigenvalue weighted by Crippen LogP contribution is 2.35. The van der Waals surface area contributed by atoms with E-state index in [-0.39, 0.29) is 99.3 Å². The molecule has 144 valence electrons. The van der Waals surface area contributed by atoms with Gasteiger partial charge in [0.15, 0.2) is 11.5 Å². The number of hydrogen-bond acceptors (Lipinski definition) is 4. The minimum Gasteiger partial charge on any atom is -0.454 e. The lowest BCUT2D eigenvalue weighted by molar-refractivity contribution is 0.174. The van der Waals surface area contributed by atoms with Crippen molar-refractivity contribution < 1.29 is 9.47 Å². The molecule has 1 saturated heterocycles. The Morgan fingerprint density at radius 3 is 1.83 bits per heavy atom. The number of rotatable bonds is 1. The van der Waals surface area contributed by atoms with Crippen LogP contribution in [-0.4, -0.2) is 33.0 Å². The van der Waals surface area contributed by atoms with E-state index in [1.165, 1.54) is 5.69 Å². The largest absolute Gasteiger partial charge is 0.454 e. The number of benzene rings is 1. The first-order chi connectivity index (χ1) is 7.43. The predicted octanol–water partition coefficient (Wildman–Crippen LogP) is 4.20. The summed E-state index contributed by atoms with van der Waals surface area (Å²) in [6, 6.07) is 6.15. The van der Waals surface area contributed by atoms with Crippen LogP contribution in [0.15, 0.2) is 18.2 Å². The molecule has 3 rings (SSSR count). The summed E-state index contributed by atoms with van der Waals surface area (Å²) in [6.07, 6.45) is 0. The molecule has 23 heavy (non-hydrogen) atoms. The van der Waals surface area contributed by atoms with Crippen LogP contribution in [0.25, 0.3) is 0 Å². The van der Waals surface area contributed by atoms with Crippen molar-refractivity contribution >= 4 is 105 Å². The number of nitrogens with zero attached hydrogens (tertiary/aromatic N) is 1. The summed E-state index contributed by atoms with van der Waals surface area (Å²) in [7, 11) is 0. The standard InChI is InChI=1S/C11H14N2O2.8ClH/c1-2-10-11(15-8-14-10)7-9(1)13-5-3-12-4-6-13;;;;;;;;/h1-2,7,12H,3-6,8H2;8*1H. The van der Waals surface area contributed by atoms with E-state index in [0.717, 1.165) is 37.7 Å². The SMILES string of the molecule is Cl.Cl.Cl.Cl.Cl.Cl.Cl.Cl.c1cc2c(cc1N1CCNCC1)OCO2. The predicted molar refractivity (Wildman–Crippen MR) is 116 cm³/mol. The third-order valence-corrected chi connectivity index (χ3v) is 2.84. The van der Waals surface area contributed by atoms with Crippen LogP contribution in [0.4, 0.5) is 5.69 Å². The highest BCUT2D eigenvalue weighted by Gasteiger charge is 2.16. The minimum absolute atomic E-state index is 0. The summed E-state index contributed by atoms with van der Waals surface area (Å²) in [5.41, 5.74) is 1.22. The summed E-state index contributed by atoms with van der Waals surface area (Å²) >= 11 is 0.